The van der Waals surface area contributed by atoms with E-state index in [0.717, 1.165) is 16.9 Å². The van der Waals surface area contributed by atoms with E-state index in [1.54, 1.807) is 11.3 Å². The van der Waals surface area contributed by atoms with Crippen LogP contribution in [0.2, 0.25) is 0 Å². The van der Waals surface area contributed by atoms with Crippen molar-refractivity contribution in [2.45, 2.75) is 84.5 Å². The molecule has 0 aromatic carbocycles. The third-order valence-electron chi connectivity index (χ3n) is 4.44. The largest absolute Gasteiger partial charge is 0.192 e. The van der Waals surface area contributed by atoms with Crippen molar-refractivity contribution < 1.29 is 0 Å². The van der Waals surface area contributed by atoms with Crippen LogP contribution in [0.4, 0.5) is 0 Å². The number of unbranched alkanes of at least 4 members (excludes halogenated alkanes) is 9. The average Bonchev–Trinajstić information content (AvgIpc) is 3.06. The fraction of sp³-hybridized carbons (Fsp3) is 0.619. The molecule has 130 valence electrons. The highest BCUT2D eigenvalue weighted by Gasteiger charge is 2.07. The first-order valence-electron chi connectivity index (χ1n) is 9.31. The molecule has 1 aromatic rings. The molecule has 0 aliphatic rings. The standard InChI is InChI=1S/C21H30N2S/c1-3-4-5-6-7-8-9-10-11-12-13-19-14-21(24-17-19)18(2)20(15-22)16-23/h14,17H,3-13H2,1-2H3. The summed E-state index contributed by atoms with van der Waals surface area (Å²) in [5, 5.41) is 20.1. The van der Waals surface area contributed by atoms with Crippen molar-refractivity contribution >= 4 is 16.9 Å². The second-order valence-electron chi connectivity index (χ2n) is 6.47. The molecule has 0 aliphatic heterocycles. The molecule has 0 amide bonds. The monoisotopic (exact) mass is 342 g/mol. The van der Waals surface area contributed by atoms with Gasteiger partial charge in [0.25, 0.3) is 0 Å². The van der Waals surface area contributed by atoms with Crippen molar-refractivity contribution in [3.8, 4) is 12.1 Å². The quantitative estimate of drug-likeness (QED) is 0.302. The van der Waals surface area contributed by atoms with E-state index in [4.69, 9.17) is 10.5 Å². The van der Waals surface area contributed by atoms with E-state index in [1.807, 2.05) is 19.1 Å². The third-order valence-corrected chi connectivity index (χ3v) is 5.54. The second kappa shape index (κ2) is 12.8. The third kappa shape index (κ3) is 7.80. The van der Waals surface area contributed by atoms with E-state index in [9.17, 15) is 0 Å². The summed E-state index contributed by atoms with van der Waals surface area (Å²) in [5.41, 5.74) is 2.37. The smallest absolute Gasteiger partial charge is 0.133 e. The zero-order valence-electron chi connectivity index (χ0n) is 15.2. The number of thiophene rings is 1. The Kier molecular flexibility index (Phi) is 10.9. The van der Waals surface area contributed by atoms with Crippen LogP contribution < -0.4 is 0 Å². The SMILES string of the molecule is CCCCCCCCCCCCc1csc(C(C)=C(C#N)C#N)c1. The molecule has 0 saturated heterocycles. The van der Waals surface area contributed by atoms with Crippen LogP contribution in [-0.4, -0.2) is 0 Å². The number of hydrogen-bond donors (Lipinski definition) is 0. The lowest BCUT2D eigenvalue weighted by Crippen LogP contribution is -1.85. The highest BCUT2D eigenvalue weighted by Crippen LogP contribution is 2.26. The van der Waals surface area contributed by atoms with Crippen LogP contribution >= 0.6 is 11.3 Å². The maximum Gasteiger partial charge on any atom is 0.133 e. The zero-order chi connectivity index (χ0) is 17.6. The van der Waals surface area contributed by atoms with Gasteiger partial charge in [0.05, 0.1) is 0 Å². The van der Waals surface area contributed by atoms with Crippen molar-refractivity contribution in [2.24, 2.45) is 0 Å². The van der Waals surface area contributed by atoms with Gasteiger partial charge in [-0.05, 0) is 42.3 Å². The van der Waals surface area contributed by atoms with Gasteiger partial charge >= 0.3 is 0 Å². The van der Waals surface area contributed by atoms with E-state index < -0.39 is 0 Å². The van der Waals surface area contributed by atoms with Gasteiger partial charge in [-0.2, -0.15) is 10.5 Å². The number of hydrogen-bond acceptors (Lipinski definition) is 3. The lowest BCUT2D eigenvalue weighted by atomic mass is 10.0. The Hall–Kier alpha value is -1.58. The summed E-state index contributed by atoms with van der Waals surface area (Å²) in [7, 11) is 0. The summed E-state index contributed by atoms with van der Waals surface area (Å²) in [6, 6.07) is 6.09. The minimum Gasteiger partial charge on any atom is -0.192 e. The van der Waals surface area contributed by atoms with E-state index >= 15 is 0 Å². The molecular weight excluding hydrogens is 312 g/mol. The summed E-state index contributed by atoms with van der Waals surface area (Å²) in [4.78, 5) is 1.05. The molecule has 0 N–H and O–H groups in total. The van der Waals surface area contributed by atoms with Gasteiger partial charge in [0.2, 0.25) is 0 Å². The Bertz CT molecular complexity index is 568. The molecule has 0 fully saturated rings. The van der Waals surface area contributed by atoms with Gasteiger partial charge in [-0.25, -0.2) is 0 Å². The van der Waals surface area contributed by atoms with Crippen molar-refractivity contribution in [2.75, 3.05) is 0 Å². The molecule has 2 nitrogen and oxygen atoms in total. The minimum absolute atomic E-state index is 0.224. The first-order chi connectivity index (χ1) is 11.7. The fourth-order valence-corrected chi connectivity index (χ4v) is 3.80. The van der Waals surface area contributed by atoms with Gasteiger partial charge in [-0.1, -0.05) is 64.7 Å². The van der Waals surface area contributed by atoms with Crippen LogP contribution in [0.1, 0.15) is 88.5 Å². The van der Waals surface area contributed by atoms with Crippen molar-refractivity contribution in [3.05, 3.63) is 27.5 Å². The predicted molar refractivity (Wildman–Crippen MR) is 104 cm³/mol. The number of nitrogens with zero attached hydrogens (tertiary/aromatic N) is 2. The molecule has 3 heteroatoms. The minimum atomic E-state index is 0.224. The van der Waals surface area contributed by atoms with Crippen molar-refractivity contribution in [3.63, 3.8) is 0 Å². The Labute approximate surface area is 151 Å². The molecule has 1 rings (SSSR count). The molecule has 24 heavy (non-hydrogen) atoms. The Morgan fingerprint density at radius 1 is 0.917 bits per heavy atom. The molecule has 1 aromatic heterocycles. The summed E-state index contributed by atoms with van der Waals surface area (Å²) < 4.78 is 0. The van der Waals surface area contributed by atoms with E-state index in [0.29, 0.717) is 0 Å². The van der Waals surface area contributed by atoms with Crippen molar-refractivity contribution in [1.82, 2.24) is 0 Å². The first-order valence-corrected chi connectivity index (χ1v) is 10.2. The highest BCUT2D eigenvalue weighted by atomic mass is 32.1. The van der Waals surface area contributed by atoms with Gasteiger partial charge in [-0.15, -0.1) is 11.3 Å². The second-order valence-corrected chi connectivity index (χ2v) is 7.39. The van der Waals surface area contributed by atoms with Crippen LogP contribution in [-0.2, 0) is 6.42 Å². The highest BCUT2D eigenvalue weighted by molar-refractivity contribution is 7.11. The maximum atomic E-state index is 8.94. The zero-order valence-corrected chi connectivity index (χ0v) is 16.1. The predicted octanol–water partition coefficient (Wildman–Crippen LogP) is 7.03. The molecule has 0 atom stereocenters. The lowest BCUT2D eigenvalue weighted by molar-refractivity contribution is 0.556. The molecular formula is C21H30N2S. The average molecular weight is 343 g/mol. The first kappa shape index (κ1) is 20.5. The van der Waals surface area contributed by atoms with Crippen LogP contribution in [0.5, 0.6) is 0 Å². The van der Waals surface area contributed by atoms with Crippen LogP contribution in [0.25, 0.3) is 5.57 Å². The molecule has 0 aliphatic carbocycles. The van der Waals surface area contributed by atoms with Gasteiger partial charge in [-0.3, -0.25) is 0 Å². The molecule has 0 bridgehead atoms. The van der Waals surface area contributed by atoms with E-state index in [2.05, 4.69) is 18.4 Å². The van der Waals surface area contributed by atoms with Gasteiger partial charge in [0.15, 0.2) is 0 Å². The Morgan fingerprint density at radius 2 is 1.46 bits per heavy atom. The number of allylic oxidation sites excluding steroid dienone is 2. The topological polar surface area (TPSA) is 47.6 Å². The Balaban J connectivity index is 2.18. The van der Waals surface area contributed by atoms with Crippen LogP contribution in [0, 0.1) is 22.7 Å². The van der Waals surface area contributed by atoms with Gasteiger partial charge in [0, 0.05) is 4.88 Å². The molecule has 0 radical (unpaired) electrons. The normalized spacial score (nSPS) is 10.2. The van der Waals surface area contributed by atoms with Crippen molar-refractivity contribution in [1.29, 1.82) is 10.5 Å². The molecule has 0 unspecified atom stereocenters. The number of rotatable bonds is 12. The summed E-state index contributed by atoms with van der Waals surface area (Å²) in [6.45, 7) is 4.12. The maximum absolute atomic E-state index is 8.94. The van der Waals surface area contributed by atoms with Gasteiger partial charge in [0.1, 0.15) is 17.7 Å². The van der Waals surface area contributed by atoms with Crippen LogP contribution in [0.3, 0.4) is 0 Å². The van der Waals surface area contributed by atoms with Gasteiger partial charge < -0.3 is 0 Å². The van der Waals surface area contributed by atoms with Crippen LogP contribution in [0.15, 0.2) is 17.0 Å². The fourth-order valence-electron chi connectivity index (χ4n) is 2.84. The summed E-state index contributed by atoms with van der Waals surface area (Å²) in [5.74, 6) is 0. The molecule has 0 saturated carbocycles. The molecule has 0 spiro atoms. The number of aryl methyl sites for hydroxylation is 1. The lowest BCUT2D eigenvalue weighted by Gasteiger charge is -2.02. The number of nitriles is 2. The summed E-state index contributed by atoms with van der Waals surface area (Å²) in [6.07, 6.45) is 14.7. The summed E-state index contributed by atoms with van der Waals surface area (Å²) >= 11 is 1.64. The van der Waals surface area contributed by atoms with E-state index in [1.165, 1.54) is 69.8 Å². The van der Waals surface area contributed by atoms with E-state index in [-0.39, 0.29) is 5.57 Å². The molecule has 1 heterocycles. The Morgan fingerprint density at radius 3 is 2.00 bits per heavy atom.